The minimum absolute atomic E-state index is 0.160. The monoisotopic (exact) mass is 389 g/mol. The predicted molar refractivity (Wildman–Crippen MR) is 92.7 cm³/mol. The van der Waals surface area contributed by atoms with E-state index in [1.54, 1.807) is 30.5 Å². The molecule has 23 heavy (non-hydrogen) atoms. The van der Waals surface area contributed by atoms with Gasteiger partial charge in [0.15, 0.2) is 0 Å². The van der Waals surface area contributed by atoms with Gasteiger partial charge in [-0.05, 0) is 36.8 Å². The molecule has 0 aliphatic heterocycles. The van der Waals surface area contributed by atoms with E-state index in [-0.39, 0.29) is 4.90 Å². The van der Waals surface area contributed by atoms with Gasteiger partial charge in [0, 0.05) is 16.1 Å². The van der Waals surface area contributed by atoms with Crippen LogP contribution >= 0.6 is 15.9 Å². The quantitative estimate of drug-likeness (QED) is 0.711. The van der Waals surface area contributed by atoms with Crippen molar-refractivity contribution in [1.82, 2.24) is 4.98 Å². The first kappa shape index (κ1) is 15.6. The van der Waals surface area contributed by atoms with E-state index < -0.39 is 10.0 Å². The van der Waals surface area contributed by atoms with Gasteiger partial charge in [0.25, 0.3) is 10.0 Å². The number of halogens is 1. The second kappa shape index (κ2) is 5.72. The molecule has 3 rings (SSSR count). The van der Waals surface area contributed by atoms with Crippen molar-refractivity contribution in [2.75, 3.05) is 4.72 Å². The summed E-state index contributed by atoms with van der Waals surface area (Å²) in [5.41, 5.74) is 2.40. The maximum atomic E-state index is 12.5. The van der Waals surface area contributed by atoms with E-state index in [1.165, 1.54) is 12.1 Å². The van der Waals surface area contributed by atoms with Crippen molar-refractivity contribution in [1.29, 1.82) is 5.26 Å². The number of benzene rings is 2. The van der Waals surface area contributed by atoms with Gasteiger partial charge < -0.3 is 4.98 Å². The summed E-state index contributed by atoms with van der Waals surface area (Å²) in [5, 5.41) is 9.89. The fraction of sp³-hybridized carbons (Fsp3) is 0.0625. The molecule has 0 aliphatic carbocycles. The highest BCUT2D eigenvalue weighted by atomic mass is 79.9. The minimum Gasteiger partial charge on any atom is -0.358 e. The summed E-state index contributed by atoms with van der Waals surface area (Å²) in [6.07, 6.45) is 1.58. The molecule has 116 valence electrons. The van der Waals surface area contributed by atoms with Crippen LogP contribution in [-0.2, 0) is 10.0 Å². The number of sulfonamides is 1. The Bertz CT molecular complexity index is 1050. The topological polar surface area (TPSA) is 85.8 Å². The SMILES string of the molecule is Cc1ccc(NS(=O)(=O)c2cccc(Br)c2)c2[nH]cc(C#N)c12. The number of nitriles is 1. The molecule has 3 aromatic rings. The smallest absolute Gasteiger partial charge is 0.262 e. The number of hydrogen-bond donors (Lipinski definition) is 2. The third kappa shape index (κ3) is 2.83. The molecule has 0 atom stereocenters. The van der Waals surface area contributed by atoms with Crippen LogP contribution in [0.25, 0.3) is 10.9 Å². The average Bonchev–Trinajstić information content (AvgIpc) is 2.95. The van der Waals surface area contributed by atoms with Crippen LogP contribution in [0, 0.1) is 18.3 Å². The standard InChI is InChI=1S/C16H12BrN3O2S/c1-10-5-6-14(16-15(10)11(8-18)9-19-16)20-23(21,22)13-4-2-3-12(17)7-13/h2-7,9,19-20H,1H3. The van der Waals surface area contributed by atoms with Crippen LogP contribution in [0.1, 0.15) is 11.1 Å². The van der Waals surface area contributed by atoms with Gasteiger partial charge in [0.1, 0.15) is 6.07 Å². The van der Waals surface area contributed by atoms with Crippen molar-refractivity contribution in [2.24, 2.45) is 0 Å². The van der Waals surface area contributed by atoms with E-state index in [9.17, 15) is 8.42 Å². The molecule has 1 aromatic heterocycles. The lowest BCUT2D eigenvalue weighted by atomic mass is 10.1. The van der Waals surface area contributed by atoms with E-state index in [0.29, 0.717) is 21.2 Å². The zero-order valence-electron chi connectivity index (χ0n) is 12.1. The summed E-state index contributed by atoms with van der Waals surface area (Å²) in [7, 11) is -3.72. The number of aromatic amines is 1. The van der Waals surface area contributed by atoms with Crippen LogP contribution in [-0.4, -0.2) is 13.4 Å². The minimum atomic E-state index is -3.72. The second-order valence-electron chi connectivity index (χ2n) is 5.06. The molecule has 0 radical (unpaired) electrons. The predicted octanol–water partition coefficient (Wildman–Crippen LogP) is 3.91. The summed E-state index contributed by atoms with van der Waals surface area (Å²) in [4.78, 5) is 3.14. The normalized spacial score (nSPS) is 11.3. The van der Waals surface area contributed by atoms with Gasteiger partial charge in [-0.25, -0.2) is 8.42 Å². The molecule has 0 aliphatic rings. The van der Waals surface area contributed by atoms with Gasteiger partial charge >= 0.3 is 0 Å². The molecule has 0 fully saturated rings. The van der Waals surface area contributed by atoms with Gasteiger partial charge in [-0.3, -0.25) is 4.72 Å². The Labute approximate surface area is 142 Å². The summed E-state index contributed by atoms with van der Waals surface area (Å²) in [6, 6.07) is 12.0. The molecule has 0 saturated carbocycles. The molecule has 5 nitrogen and oxygen atoms in total. The Morgan fingerprint density at radius 3 is 2.74 bits per heavy atom. The average molecular weight is 390 g/mol. The van der Waals surface area contributed by atoms with Crippen LogP contribution in [0.15, 0.2) is 52.0 Å². The zero-order chi connectivity index (χ0) is 16.6. The summed E-state index contributed by atoms with van der Waals surface area (Å²) >= 11 is 3.27. The van der Waals surface area contributed by atoms with Gasteiger partial charge in [0.2, 0.25) is 0 Å². The lowest BCUT2D eigenvalue weighted by molar-refractivity contribution is 0.601. The Morgan fingerprint density at radius 2 is 2.04 bits per heavy atom. The second-order valence-corrected chi connectivity index (χ2v) is 7.66. The van der Waals surface area contributed by atoms with Crippen LogP contribution < -0.4 is 4.72 Å². The maximum Gasteiger partial charge on any atom is 0.262 e. The Kier molecular flexibility index (Phi) is 3.88. The van der Waals surface area contributed by atoms with Crippen molar-refractivity contribution in [3.05, 3.63) is 58.2 Å². The van der Waals surface area contributed by atoms with Crippen LogP contribution in [0.2, 0.25) is 0 Å². The van der Waals surface area contributed by atoms with Crippen molar-refractivity contribution in [3.8, 4) is 6.07 Å². The third-order valence-electron chi connectivity index (χ3n) is 3.52. The van der Waals surface area contributed by atoms with Crippen LogP contribution in [0.5, 0.6) is 0 Å². The van der Waals surface area contributed by atoms with Crippen molar-refractivity contribution in [3.63, 3.8) is 0 Å². The number of rotatable bonds is 3. The van der Waals surface area contributed by atoms with Crippen LogP contribution in [0.3, 0.4) is 0 Å². The van der Waals surface area contributed by atoms with Gasteiger partial charge in [-0.2, -0.15) is 5.26 Å². The highest BCUT2D eigenvalue weighted by molar-refractivity contribution is 9.10. The molecule has 2 aromatic carbocycles. The number of nitrogens with zero attached hydrogens (tertiary/aromatic N) is 1. The van der Waals surface area contributed by atoms with E-state index in [4.69, 9.17) is 5.26 Å². The molecule has 0 unspecified atom stereocenters. The van der Waals surface area contributed by atoms with E-state index in [0.717, 1.165) is 10.9 Å². The van der Waals surface area contributed by atoms with E-state index in [1.807, 2.05) is 6.92 Å². The largest absolute Gasteiger partial charge is 0.358 e. The number of hydrogen-bond acceptors (Lipinski definition) is 3. The molecule has 0 bridgehead atoms. The van der Waals surface area contributed by atoms with Crippen molar-refractivity contribution >= 4 is 42.5 Å². The molecular weight excluding hydrogens is 378 g/mol. The first-order valence-electron chi connectivity index (χ1n) is 6.71. The maximum absolute atomic E-state index is 12.5. The van der Waals surface area contributed by atoms with E-state index in [2.05, 4.69) is 31.7 Å². The molecule has 1 heterocycles. The van der Waals surface area contributed by atoms with Crippen molar-refractivity contribution < 1.29 is 8.42 Å². The number of aryl methyl sites for hydroxylation is 1. The Morgan fingerprint density at radius 1 is 1.26 bits per heavy atom. The summed E-state index contributed by atoms with van der Waals surface area (Å²) < 4.78 is 28.4. The fourth-order valence-electron chi connectivity index (χ4n) is 2.43. The van der Waals surface area contributed by atoms with Crippen LogP contribution in [0.4, 0.5) is 5.69 Å². The number of anilines is 1. The first-order chi connectivity index (χ1) is 10.9. The Hall–Kier alpha value is -2.30. The van der Waals surface area contributed by atoms with Gasteiger partial charge in [-0.1, -0.05) is 28.1 Å². The summed E-state index contributed by atoms with van der Waals surface area (Å²) in [5.74, 6) is 0. The zero-order valence-corrected chi connectivity index (χ0v) is 14.5. The lowest BCUT2D eigenvalue weighted by Gasteiger charge is -2.10. The number of aromatic nitrogens is 1. The Balaban J connectivity index is 2.11. The van der Waals surface area contributed by atoms with Gasteiger partial charge in [-0.15, -0.1) is 0 Å². The molecular formula is C16H12BrN3O2S. The highest BCUT2D eigenvalue weighted by Crippen LogP contribution is 2.30. The molecule has 7 heteroatoms. The molecule has 0 amide bonds. The molecule has 2 N–H and O–H groups in total. The third-order valence-corrected chi connectivity index (χ3v) is 5.37. The van der Waals surface area contributed by atoms with E-state index >= 15 is 0 Å². The number of fused-ring (bicyclic) bond motifs is 1. The van der Waals surface area contributed by atoms with Gasteiger partial charge in [0.05, 0.1) is 21.7 Å². The lowest BCUT2D eigenvalue weighted by Crippen LogP contribution is -2.13. The highest BCUT2D eigenvalue weighted by Gasteiger charge is 2.18. The number of H-pyrrole nitrogens is 1. The molecule has 0 spiro atoms. The number of nitrogens with one attached hydrogen (secondary N) is 2. The first-order valence-corrected chi connectivity index (χ1v) is 8.99. The van der Waals surface area contributed by atoms with Crippen molar-refractivity contribution in [2.45, 2.75) is 11.8 Å². The fourth-order valence-corrected chi connectivity index (χ4v) is 4.10. The molecule has 0 saturated heterocycles. The summed E-state index contributed by atoms with van der Waals surface area (Å²) in [6.45, 7) is 1.88.